The van der Waals surface area contributed by atoms with Gasteiger partial charge in [-0.2, -0.15) is 18.3 Å². The lowest BCUT2D eigenvalue weighted by Gasteiger charge is -2.38. The van der Waals surface area contributed by atoms with E-state index in [1.54, 1.807) is 6.34 Å². The Labute approximate surface area is 119 Å². The first kappa shape index (κ1) is 14.9. The molecule has 3 unspecified atom stereocenters. The lowest BCUT2D eigenvalue weighted by atomic mass is 9.85. The molecule has 1 saturated carbocycles. The lowest BCUT2D eigenvalue weighted by molar-refractivity contribution is -0.181. The lowest BCUT2D eigenvalue weighted by Crippen LogP contribution is -2.44. The average Bonchev–Trinajstić information content (AvgIpc) is 2.76. The smallest absolute Gasteiger partial charge is 0.340 e. The maximum Gasteiger partial charge on any atom is 0.392 e. The summed E-state index contributed by atoms with van der Waals surface area (Å²) in [7, 11) is 0. The first-order valence-electron chi connectivity index (χ1n) is 6.56. The highest BCUT2D eigenvalue weighted by atomic mass is 79.9. The van der Waals surface area contributed by atoms with E-state index in [0.29, 0.717) is 25.6 Å². The van der Waals surface area contributed by atoms with Crippen molar-refractivity contribution in [2.24, 2.45) is 11.0 Å². The summed E-state index contributed by atoms with van der Waals surface area (Å²) in [6.45, 7) is 4.82. The molecule has 0 radical (unpaired) electrons. The minimum atomic E-state index is -4.10. The second kappa shape index (κ2) is 5.50. The Bertz CT molecular complexity index is 346. The zero-order chi connectivity index (χ0) is 14.2. The molecule has 19 heavy (non-hydrogen) atoms. The van der Waals surface area contributed by atoms with Gasteiger partial charge in [0.05, 0.1) is 12.0 Å². The molecule has 1 aliphatic heterocycles. The summed E-state index contributed by atoms with van der Waals surface area (Å²) in [6.07, 6.45) is -1.10. The van der Waals surface area contributed by atoms with E-state index in [1.807, 2.05) is 5.01 Å². The number of hydrazone groups is 1. The topological polar surface area (TPSA) is 18.8 Å². The number of rotatable bonds is 2. The number of hydrogen-bond donors (Lipinski definition) is 0. The molecule has 1 aliphatic carbocycles. The van der Waals surface area contributed by atoms with E-state index < -0.39 is 16.9 Å². The van der Waals surface area contributed by atoms with Crippen LogP contribution < -0.4 is 0 Å². The van der Waals surface area contributed by atoms with Crippen molar-refractivity contribution in [2.75, 3.05) is 6.67 Å². The first-order valence-corrected chi connectivity index (χ1v) is 7.48. The van der Waals surface area contributed by atoms with Crippen molar-refractivity contribution in [2.45, 2.75) is 56.2 Å². The quantitative estimate of drug-likeness (QED) is 0.717. The summed E-state index contributed by atoms with van der Waals surface area (Å²) >= 11 is 3.21. The van der Waals surface area contributed by atoms with Gasteiger partial charge in [0.2, 0.25) is 0 Å². The molecule has 0 aromatic carbocycles. The minimum absolute atomic E-state index is 0.1000. The van der Waals surface area contributed by atoms with Crippen LogP contribution in [-0.4, -0.2) is 46.0 Å². The molecule has 7 heteroatoms. The molecule has 0 aromatic heterocycles. The third-order valence-electron chi connectivity index (χ3n) is 3.91. The van der Waals surface area contributed by atoms with E-state index in [2.05, 4.69) is 39.8 Å². The van der Waals surface area contributed by atoms with Crippen molar-refractivity contribution in [3.8, 4) is 0 Å². The number of hydrogen-bond acceptors (Lipinski definition) is 3. The van der Waals surface area contributed by atoms with Crippen LogP contribution in [0.25, 0.3) is 0 Å². The fourth-order valence-electron chi connectivity index (χ4n) is 2.61. The van der Waals surface area contributed by atoms with Crippen LogP contribution in [0.3, 0.4) is 0 Å². The molecule has 3 atom stereocenters. The number of halogens is 4. The molecule has 0 bridgehead atoms. The second-order valence-electron chi connectivity index (χ2n) is 5.55. The van der Waals surface area contributed by atoms with Crippen molar-refractivity contribution in [1.29, 1.82) is 0 Å². The summed E-state index contributed by atoms with van der Waals surface area (Å²) < 4.78 is 38.3. The number of alkyl halides is 4. The summed E-state index contributed by atoms with van der Waals surface area (Å²) in [5, 5.41) is 6.23. The fourth-order valence-corrected chi connectivity index (χ4v) is 3.61. The molecule has 1 heterocycles. The van der Waals surface area contributed by atoms with E-state index in [4.69, 9.17) is 0 Å². The van der Waals surface area contributed by atoms with Crippen LogP contribution in [0.5, 0.6) is 0 Å². The highest BCUT2D eigenvalue weighted by molar-refractivity contribution is 9.09. The Hall–Kier alpha value is -0.460. The van der Waals surface area contributed by atoms with Crippen molar-refractivity contribution < 1.29 is 13.2 Å². The molecule has 0 saturated heterocycles. The van der Waals surface area contributed by atoms with Crippen LogP contribution in [-0.2, 0) is 0 Å². The standard InChI is InChI=1S/C12H19BrF3N3/c1-8(2)18-6-17-19(7-18)9-3-4-10(11(13)5-9)12(14,15)16/h6,8-11H,3-5,7H2,1-2H3. The molecule has 2 rings (SSSR count). The monoisotopic (exact) mass is 341 g/mol. The van der Waals surface area contributed by atoms with Crippen molar-refractivity contribution in [3.05, 3.63) is 0 Å². The van der Waals surface area contributed by atoms with Crippen LogP contribution in [0.1, 0.15) is 33.1 Å². The molecule has 3 nitrogen and oxygen atoms in total. The van der Waals surface area contributed by atoms with Crippen LogP contribution in [0.2, 0.25) is 0 Å². The third-order valence-corrected chi connectivity index (χ3v) is 4.92. The SMILES string of the molecule is CC(C)N1C=NN(C2CCC(C(F)(F)F)C(Br)C2)C1. The van der Waals surface area contributed by atoms with Gasteiger partial charge in [-0.3, -0.25) is 5.01 Å². The zero-order valence-corrected chi connectivity index (χ0v) is 12.7. The van der Waals surface area contributed by atoms with E-state index in [1.165, 1.54) is 0 Å². The summed E-state index contributed by atoms with van der Waals surface area (Å²) in [5.74, 6) is -1.23. The Balaban J connectivity index is 1.91. The molecule has 2 aliphatic rings. The van der Waals surface area contributed by atoms with E-state index >= 15 is 0 Å². The zero-order valence-electron chi connectivity index (χ0n) is 11.1. The Morgan fingerprint density at radius 1 is 1.32 bits per heavy atom. The van der Waals surface area contributed by atoms with Crippen molar-refractivity contribution in [1.82, 2.24) is 9.91 Å². The molecule has 0 N–H and O–H groups in total. The molecule has 0 aromatic rings. The average molecular weight is 342 g/mol. The molecular weight excluding hydrogens is 323 g/mol. The van der Waals surface area contributed by atoms with Crippen molar-refractivity contribution in [3.63, 3.8) is 0 Å². The van der Waals surface area contributed by atoms with Gasteiger partial charge in [0.1, 0.15) is 13.0 Å². The maximum absolute atomic E-state index is 12.8. The van der Waals surface area contributed by atoms with E-state index in [0.717, 1.165) is 0 Å². The maximum atomic E-state index is 12.8. The van der Waals surface area contributed by atoms with Gasteiger partial charge < -0.3 is 4.90 Å². The van der Waals surface area contributed by atoms with Gasteiger partial charge in [-0.25, -0.2) is 0 Å². The summed E-state index contributed by atoms with van der Waals surface area (Å²) in [5.41, 5.74) is 0. The van der Waals surface area contributed by atoms with Crippen LogP contribution in [0.4, 0.5) is 13.2 Å². The fraction of sp³-hybridized carbons (Fsp3) is 0.917. The van der Waals surface area contributed by atoms with Crippen LogP contribution >= 0.6 is 15.9 Å². The van der Waals surface area contributed by atoms with E-state index in [-0.39, 0.29) is 12.5 Å². The Morgan fingerprint density at radius 3 is 2.47 bits per heavy atom. The summed E-state index contributed by atoms with van der Waals surface area (Å²) in [4.78, 5) is 1.58. The Kier molecular flexibility index (Phi) is 4.32. The highest BCUT2D eigenvalue weighted by Crippen LogP contribution is 2.42. The second-order valence-corrected chi connectivity index (χ2v) is 6.73. The molecule has 0 spiro atoms. The van der Waals surface area contributed by atoms with Gasteiger partial charge in [-0.1, -0.05) is 15.9 Å². The molecular formula is C12H19BrF3N3. The van der Waals surface area contributed by atoms with Gasteiger partial charge in [0.25, 0.3) is 0 Å². The molecule has 110 valence electrons. The van der Waals surface area contributed by atoms with Gasteiger partial charge in [0, 0.05) is 10.9 Å². The third kappa shape index (κ3) is 3.35. The highest BCUT2D eigenvalue weighted by Gasteiger charge is 2.47. The van der Waals surface area contributed by atoms with Gasteiger partial charge in [0.15, 0.2) is 0 Å². The largest absolute Gasteiger partial charge is 0.392 e. The molecule has 0 amide bonds. The van der Waals surface area contributed by atoms with E-state index in [9.17, 15) is 13.2 Å². The van der Waals surface area contributed by atoms with Crippen LogP contribution in [0.15, 0.2) is 5.10 Å². The minimum Gasteiger partial charge on any atom is -0.340 e. The first-order chi connectivity index (χ1) is 8.79. The van der Waals surface area contributed by atoms with Crippen LogP contribution in [0, 0.1) is 5.92 Å². The molecule has 1 fully saturated rings. The van der Waals surface area contributed by atoms with Gasteiger partial charge in [-0.15, -0.1) is 0 Å². The number of nitrogens with zero attached hydrogens (tertiary/aromatic N) is 3. The normalized spacial score (nSPS) is 32.5. The predicted octanol–water partition coefficient (Wildman–Crippen LogP) is 3.41. The van der Waals surface area contributed by atoms with Crippen molar-refractivity contribution >= 4 is 22.3 Å². The van der Waals surface area contributed by atoms with Gasteiger partial charge in [-0.05, 0) is 33.1 Å². The Morgan fingerprint density at radius 2 is 2.00 bits per heavy atom. The summed E-state index contributed by atoms with van der Waals surface area (Å²) in [6, 6.07) is 0.461. The van der Waals surface area contributed by atoms with Gasteiger partial charge >= 0.3 is 6.18 Å². The predicted molar refractivity (Wildman–Crippen MR) is 72.1 cm³/mol.